The lowest BCUT2D eigenvalue weighted by Gasteiger charge is -2.11. The van der Waals surface area contributed by atoms with Crippen LogP contribution in [0.25, 0.3) is 11.1 Å². The van der Waals surface area contributed by atoms with Gasteiger partial charge < -0.3 is 5.73 Å². The first-order chi connectivity index (χ1) is 8.00. The SMILES string of the molecule is Nc1cccc(-c2c(Cl)cc(Cl)cc2Cl)c1Cl. The highest BCUT2D eigenvalue weighted by Crippen LogP contribution is 2.41. The molecule has 0 saturated carbocycles. The molecule has 0 unspecified atom stereocenters. The van der Waals surface area contributed by atoms with E-state index in [1.165, 1.54) is 0 Å². The number of benzene rings is 2. The first-order valence-electron chi connectivity index (χ1n) is 4.69. The fraction of sp³-hybridized carbons (Fsp3) is 0. The maximum atomic E-state index is 6.14. The molecule has 0 saturated heterocycles. The second-order valence-electron chi connectivity index (χ2n) is 3.45. The quantitative estimate of drug-likeness (QED) is 0.687. The van der Waals surface area contributed by atoms with E-state index in [9.17, 15) is 0 Å². The molecule has 1 nitrogen and oxygen atoms in total. The standard InChI is InChI=1S/C12H7Cl4N/c13-6-4-8(14)11(9(15)5-6)7-2-1-3-10(17)12(7)16/h1-5H,17H2. The molecular weight excluding hydrogens is 300 g/mol. The van der Waals surface area contributed by atoms with Crippen LogP contribution in [0.2, 0.25) is 20.1 Å². The van der Waals surface area contributed by atoms with Crippen LogP contribution in [-0.4, -0.2) is 0 Å². The van der Waals surface area contributed by atoms with Gasteiger partial charge in [0.1, 0.15) is 0 Å². The van der Waals surface area contributed by atoms with Gasteiger partial charge in [-0.15, -0.1) is 0 Å². The van der Waals surface area contributed by atoms with Gasteiger partial charge in [0.05, 0.1) is 20.8 Å². The number of nitrogen functional groups attached to an aromatic ring is 1. The van der Waals surface area contributed by atoms with Gasteiger partial charge in [0.25, 0.3) is 0 Å². The first-order valence-corrected chi connectivity index (χ1v) is 6.21. The Labute approximate surface area is 119 Å². The minimum absolute atomic E-state index is 0.429. The average molecular weight is 307 g/mol. The number of hydrogen-bond acceptors (Lipinski definition) is 1. The molecule has 0 amide bonds. The van der Waals surface area contributed by atoms with E-state index in [4.69, 9.17) is 52.1 Å². The predicted octanol–water partition coefficient (Wildman–Crippen LogP) is 5.55. The Bertz CT molecular complexity index is 558. The number of anilines is 1. The molecule has 0 aliphatic carbocycles. The molecular formula is C12H7Cl4N. The lowest BCUT2D eigenvalue weighted by molar-refractivity contribution is 1.61. The van der Waals surface area contributed by atoms with E-state index < -0.39 is 0 Å². The summed E-state index contributed by atoms with van der Waals surface area (Å²) in [7, 11) is 0. The molecule has 0 bridgehead atoms. The topological polar surface area (TPSA) is 26.0 Å². The van der Waals surface area contributed by atoms with Gasteiger partial charge in [0.2, 0.25) is 0 Å². The summed E-state index contributed by atoms with van der Waals surface area (Å²) in [6.45, 7) is 0. The zero-order chi connectivity index (χ0) is 12.6. The predicted molar refractivity (Wildman–Crippen MR) is 76.3 cm³/mol. The van der Waals surface area contributed by atoms with E-state index in [1.54, 1.807) is 30.3 Å². The van der Waals surface area contributed by atoms with Crippen molar-refractivity contribution in [3.05, 3.63) is 50.4 Å². The number of nitrogens with two attached hydrogens (primary N) is 1. The van der Waals surface area contributed by atoms with Crippen molar-refractivity contribution in [3.8, 4) is 11.1 Å². The monoisotopic (exact) mass is 305 g/mol. The maximum absolute atomic E-state index is 6.14. The van der Waals surface area contributed by atoms with E-state index in [-0.39, 0.29) is 0 Å². The second kappa shape index (κ2) is 4.95. The summed E-state index contributed by atoms with van der Waals surface area (Å²) in [6, 6.07) is 8.54. The molecule has 0 spiro atoms. The molecule has 0 aromatic heterocycles. The van der Waals surface area contributed by atoms with Crippen molar-refractivity contribution < 1.29 is 0 Å². The number of hydrogen-bond donors (Lipinski definition) is 1. The molecule has 0 heterocycles. The van der Waals surface area contributed by atoms with Gasteiger partial charge in [-0.05, 0) is 18.2 Å². The molecule has 0 fully saturated rings. The molecule has 17 heavy (non-hydrogen) atoms. The van der Waals surface area contributed by atoms with Gasteiger partial charge in [0.15, 0.2) is 0 Å². The van der Waals surface area contributed by atoms with Crippen LogP contribution in [-0.2, 0) is 0 Å². The van der Waals surface area contributed by atoms with Crippen molar-refractivity contribution in [2.75, 3.05) is 5.73 Å². The Morgan fingerprint density at radius 1 is 0.882 bits per heavy atom. The molecule has 5 heteroatoms. The number of rotatable bonds is 1. The molecule has 2 N–H and O–H groups in total. The Morgan fingerprint density at radius 3 is 2.06 bits per heavy atom. The van der Waals surface area contributed by atoms with E-state index in [2.05, 4.69) is 0 Å². The van der Waals surface area contributed by atoms with Crippen LogP contribution in [0.15, 0.2) is 30.3 Å². The lowest BCUT2D eigenvalue weighted by atomic mass is 10.0. The summed E-state index contributed by atoms with van der Waals surface area (Å²) < 4.78 is 0. The average Bonchev–Trinajstić information content (AvgIpc) is 2.23. The summed E-state index contributed by atoms with van der Waals surface area (Å²) in [5, 5.41) is 1.78. The zero-order valence-electron chi connectivity index (χ0n) is 8.48. The van der Waals surface area contributed by atoms with Crippen molar-refractivity contribution >= 4 is 52.1 Å². The highest BCUT2D eigenvalue weighted by Gasteiger charge is 2.14. The maximum Gasteiger partial charge on any atom is 0.0714 e. The van der Waals surface area contributed by atoms with Gasteiger partial charge in [-0.3, -0.25) is 0 Å². The van der Waals surface area contributed by atoms with Crippen LogP contribution in [0.3, 0.4) is 0 Å². The van der Waals surface area contributed by atoms with Crippen LogP contribution in [0, 0.1) is 0 Å². The Balaban J connectivity index is 2.73. The minimum Gasteiger partial charge on any atom is -0.398 e. The minimum atomic E-state index is 0.429. The van der Waals surface area contributed by atoms with Crippen LogP contribution >= 0.6 is 46.4 Å². The largest absolute Gasteiger partial charge is 0.398 e. The fourth-order valence-electron chi connectivity index (χ4n) is 1.54. The summed E-state index contributed by atoms with van der Waals surface area (Å²) in [6.07, 6.45) is 0. The fourth-order valence-corrected chi connectivity index (χ4v) is 2.78. The molecule has 2 rings (SSSR count). The molecule has 88 valence electrons. The van der Waals surface area contributed by atoms with Crippen LogP contribution in [0.1, 0.15) is 0 Å². The molecule has 0 radical (unpaired) electrons. The summed E-state index contributed by atoms with van der Waals surface area (Å²) in [5.41, 5.74) is 7.55. The molecule has 0 aliphatic heterocycles. The summed E-state index contributed by atoms with van der Waals surface area (Å²) in [5.74, 6) is 0. The third-order valence-electron chi connectivity index (χ3n) is 2.30. The van der Waals surface area contributed by atoms with Crippen molar-refractivity contribution in [3.63, 3.8) is 0 Å². The van der Waals surface area contributed by atoms with Crippen molar-refractivity contribution in [1.29, 1.82) is 0 Å². The zero-order valence-corrected chi connectivity index (χ0v) is 11.5. The van der Waals surface area contributed by atoms with E-state index in [0.717, 1.165) is 0 Å². The van der Waals surface area contributed by atoms with E-state index in [1.807, 2.05) is 0 Å². The van der Waals surface area contributed by atoms with Crippen molar-refractivity contribution in [1.82, 2.24) is 0 Å². The lowest BCUT2D eigenvalue weighted by Crippen LogP contribution is -1.90. The third kappa shape index (κ3) is 2.48. The highest BCUT2D eigenvalue weighted by molar-refractivity contribution is 6.43. The van der Waals surface area contributed by atoms with Crippen molar-refractivity contribution in [2.24, 2.45) is 0 Å². The Kier molecular flexibility index (Phi) is 3.74. The normalized spacial score (nSPS) is 10.6. The smallest absolute Gasteiger partial charge is 0.0714 e. The molecule has 2 aromatic rings. The molecule has 0 aliphatic rings. The van der Waals surface area contributed by atoms with Gasteiger partial charge in [0, 0.05) is 16.1 Å². The van der Waals surface area contributed by atoms with E-state index >= 15 is 0 Å². The van der Waals surface area contributed by atoms with Crippen molar-refractivity contribution in [2.45, 2.75) is 0 Å². The van der Waals surface area contributed by atoms with Gasteiger partial charge in [-0.1, -0.05) is 58.5 Å². The first kappa shape index (κ1) is 12.8. The van der Waals surface area contributed by atoms with Crippen LogP contribution in [0.5, 0.6) is 0 Å². The number of halogens is 4. The summed E-state index contributed by atoms with van der Waals surface area (Å²) in [4.78, 5) is 0. The van der Waals surface area contributed by atoms with Gasteiger partial charge in [-0.25, -0.2) is 0 Å². The van der Waals surface area contributed by atoms with Gasteiger partial charge in [-0.2, -0.15) is 0 Å². The Morgan fingerprint density at radius 2 is 1.47 bits per heavy atom. The second-order valence-corrected chi connectivity index (χ2v) is 5.08. The highest BCUT2D eigenvalue weighted by atomic mass is 35.5. The Hall–Kier alpha value is -0.600. The molecule has 2 aromatic carbocycles. The third-order valence-corrected chi connectivity index (χ3v) is 3.54. The summed E-state index contributed by atoms with van der Waals surface area (Å²) >= 11 is 24.2. The molecule has 0 atom stereocenters. The van der Waals surface area contributed by atoms with Crippen LogP contribution in [0.4, 0.5) is 5.69 Å². The van der Waals surface area contributed by atoms with Gasteiger partial charge >= 0.3 is 0 Å². The van der Waals surface area contributed by atoms with Crippen LogP contribution < -0.4 is 5.73 Å². The van der Waals surface area contributed by atoms with E-state index in [0.29, 0.717) is 36.9 Å².